The Labute approximate surface area is 177 Å². The molecule has 0 aliphatic rings. The summed E-state index contributed by atoms with van der Waals surface area (Å²) in [4.78, 5) is 16.8. The smallest absolute Gasteiger partial charge is 0.250 e. The molecule has 4 nitrogen and oxygen atoms in total. The first-order valence-electron chi connectivity index (χ1n) is 9.59. The molecular formula is C25H18N2O2S. The van der Waals surface area contributed by atoms with Crippen molar-refractivity contribution in [2.75, 3.05) is 5.32 Å². The molecule has 3 aromatic carbocycles. The van der Waals surface area contributed by atoms with E-state index in [9.17, 15) is 4.79 Å². The number of aryl methyl sites for hydroxylation is 1. The van der Waals surface area contributed by atoms with Gasteiger partial charge in [-0.05, 0) is 42.8 Å². The Balaban J connectivity index is 1.35. The summed E-state index contributed by atoms with van der Waals surface area (Å²) in [5, 5.41) is 7.50. The van der Waals surface area contributed by atoms with E-state index in [1.54, 1.807) is 6.08 Å². The Morgan fingerprint density at radius 3 is 2.67 bits per heavy atom. The van der Waals surface area contributed by atoms with Gasteiger partial charge in [0.1, 0.15) is 11.2 Å². The van der Waals surface area contributed by atoms with Crippen LogP contribution in [-0.2, 0) is 4.79 Å². The molecule has 0 saturated heterocycles. The topological polar surface area (TPSA) is 55.1 Å². The molecule has 30 heavy (non-hydrogen) atoms. The van der Waals surface area contributed by atoms with Crippen molar-refractivity contribution in [3.63, 3.8) is 0 Å². The van der Waals surface area contributed by atoms with E-state index < -0.39 is 0 Å². The molecule has 5 heteroatoms. The number of rotatable bonds is 4. The van der Waals surface area contributed by atoms with Gasteiger partial charge in [0.2, 0.25) is 5.91 Å². The summed E-state index contributed by atoms with van der Waals surface area (Å²) in [5.41, 5.74) is 5.71. The summed E-state index contributed by atoms with van der Waals surface area (Å²) in [7, 11) is 0. The number of carbonyl (C=O) groups is 1. The molecule has 146 valence electrons. The van der Waals surface area contributed by atoms with Crippen molar-refractivity contribution in [2.24, 2.45) is 0 Å². The first-order chi connectivity index (χ1) is 14.7. The zero-order valence-electron chi connectivity index (χ0n) is 16.3. The van der Waals surface area contributed by atoms with E-state index in [0.29, 0.717) is 5.13 Å². The molecule has 2 aromatic heterocycles. The molecule has 0 unspecified atom stereocenters. The highest BCUT2D eigenvalue weighted by atomic mass is 32.1. The van der Waals surface area contributed by atoms with Gasteiger partial charge in [-0.25, -0.2) is 4.98 Å². The fraction of sp³-hybridized carbons (Fsp3) is 0.0400. The number of anilines is 1. The third-order valence-corrected chi connectivity index (χ3v) is 5.67. The van der Waals surface area contributed by atoms with Gasteiger partial charge in [-0.3, -0.25) is 10.1 Å². The lowest BCUT2D eigenvalue weighted by Crippen LogP contribution is -2.07. The number of para-hydroxylation sites is 1. The molecule has 0 spiro atoms. The number of carbonyl (C=O) groups excluding carboxylic acids is 1. The largest absolute Gasteiger partial charge is 0.456 e. The Kier molecular flexibility index (Phi) is 4.65. The Morgan fingerprint density at radius 2 is 1.80 bits per heavy atom. The van der Waals surface area contributed by atoms with Crippen molar-refractivity contribution in [2.45, 2.75) is 6.92 Å². The minimum atomic E-state index is -0.201. The van der Waals surface area contributed by atoms with Crippen molar-refractivity contribution in [1.82, 2.24) is 4.98 Å². The monoisotopic (exact) mass is 410 g/mol. The maximum absolute atomic E-state index is 12.2. The van der Waals surface area contributed by atoms with Gasteiger partial charge in [-0.15, -0.1) is 11.3 Å². The Hall–Kier alpha value is -3.70. The third-order valence-electron chi connectivity index (χ3n) is 4.91. The molecular weight excluding hydrogens is 392 g/mol. The van der Waals surface area contributed by atoms with Gasteiger partial charge in [-0.1, -0.05) is 48.0 Å². The number of aromatic nitrogens is 1. The number of thiazole rings is 1. The van der Waals surface area contributed by atoms with Gasteiger partial charge < -0.3 is 4.42 Å². The van der Waals surface area contributed by atoms with Crippen molar-refractivity contribution >= 4 is 50.4 Å². The van der Waals surface area contributed by atoms with Crippen molar-refractivity contribution < 1.29 is 9.21 Å². The quantitative estimate of drug-likeness (QED) is 0.337. The zero-order chi connectivity index (χ0) is 20.5. The van der Waals surface area contributed by atoms with Crippen LogP contribution in [0.2, 0.25) is 0 Å². The maximum atomic E-state index is 12.2. The normalized spacial score (nSPS) is 11.5. The third kappa shape index (κ3) is 3.63. The minimum Gasteiger partial charge on any atom is -0.456 e. The van der Waals surface area contributed by atoms with Crippen LogP contribution in [0.5, 0.6) is 0 Å². The molecule has 0 fully saturated rings. The SMILES string of the molecule is Cc1ccc(/C=C/C(=O)Nc2nc(-c3ccc4oc5ccccc5c4c3)cs2)cc1. The molecule has 0 bridgehead atoms. The van der Waals surface area contributed by atoms with Crippen LogP contribution in [0.4, 0.5) is 5.13 Å². The summed E-state index contributed by atoms with van der Waals surface area (Å²) >= 11 is 1.41. The average Bonchev–Trinajstić information content (AvgIpc) is 3.37. The number of nitrogens with zero attached hydrogens (tertiary/aromatic N) is 1. The molecule has 5 aromatic rings. The second kappa shape index (κ2) is 7.61. The van der Waals surface area contributed by atoms with E-state index in [2.05, 4.69) is 22.4 Å². The summed E-state index contributed by atoms with van der Waals surface area (Å²) in [6, 6.07) is 22.0. The van der Waals surface area contributed by atoms with Crippen molar-refractivity contribution in [3.8, 4) is 11.3 Å². The lowest BCUT2D eigenvalue weighted by atomic mass is 10.1. The standard InChI is InChI=1S/C25H18N2O2S/c1-16-6-8-17(9-7-16)10-13-24(28)27-25-26-21(15-30-25)18-11-12-23-20(14-18)19-4-2-3-5-22(19)29-23/h2-15H,1H3,(H,26,27,28)/b13-10+. The highest BCUT2D eigenvalue weighted by Crippen LogP contribution is 2.33. The number of hydrogen-bond acceptors (Lipinski definition) is 4. The fourth-order valence-corrected chi connectivity index (χ4v) is 4.07. The minimum absolute atomic E-state index is 0.201. The van der Waals surface area contributed by atoms with Gasteiger partial charge in [0, 0.05) is 27.8 Å². The van der Waals surface area contributed by atoms with E-state index in [-0.39, 0.29) is 5.91 Å². The van der Waals surface area contributed by atoms with E-state index in [1.807, 2.05) is 66.9 Å². The molecule has 0 atom stereocenters. The highest BCUT2D eigenvalue weighted by molar-refractivity contribution is 7.14. The maximum Gasteiger partial charge on any atom is 0.250 e. The first kappa shape index (κ1) is 18.3. The van der Waals surface area contributed by atoms with Crippen molar-refractivity contribution in [3.05, 3.63) is 89.3 Å². The van der Waals surface area contributed by atoms with Gasteiger partial charge in [0.05, 0.1) is 5.69 Å². The molecule has 2 heterocycles. The van der Waals surface area contributed by atoms with Crippen LogP contribution < -0.4 is 5.32 Å². The lowest BCUT2D eigenvalue weighted by Gasteiger charge is -1.98. The summed E-state index contributed by atoms with van der Waals surface area (Å²) in [6.45, 7) is 2.03. The summed E-state index contributed by atoms with van der Waals surface area (Å²) in [6.07, 6.45) is 3.32. The molecule has 0 aliphatic heterocycles. The molecule has 1 amide bonds. The van der Waals surface area contributed by atoms with Crippen LogP contribution in [0.25, 0.3) is 39.3 Å². The number of hydrogen-bond donors (Lipinski definition) is 1. The van der Waals surface area contributed by atoms with Gasteiger partial charge in [0.25, 0.3) is 0 Å². The number of nitrogens with one attached hydrogen (secondary N) is 1. The van der Waals surface area contributed by atoms with Gasteiger partial charge in [-0.2, -0.15) is 0 Å². The predicted molar refractivity (Wildman–Crippen MR) is 124 cm³/mol. The Morgan fingerprint density at radius 1 is 1.00 bits per heavy atom. The van der Waals surface area contributed by atoms with Crippen LogP contribution in [-0.4, -0.2) is 10.9 Å². The van der Waals surface area contributed by atoms with Crippen LogP contribution in [0.15, 0.2) is 82.6 Å². The number of furan rings is 1. The molecule has 0 radical (unpaired) electrons. The van der Waals surface area contributed by atoms with E-state index in [4.69, 9.17) is 4.42 Å². The van der Waals surface area contributed by atoms with Gasteiger partial charge in [0.15, 0.2) is 5.13 Å². The number of fused-ring (bicyclic) bond motifs is 3. The second-order valence-electron chi connectivity index (χ2n) is 7.08. The fourth-order valence-electron chi connectivity index (χ4n) is 3.35. The van der Waals surface area contributed by atoms with Crippen LogP contribution in [0.1, 0.15) is 11.1 Å². The summed E-state index contributed by atoms with van der Waals surface area (Å²) in [5.74, 6) is -0.201. The van der Waals surface area contributed by atoms with E-state index in [1.165, 1.54) is 23.0 Å². The van der Waals surface area contributed by atoms with Crippen molar-refractivity contribution in [1.29, 1.82) is 0 Å². The second-order valence-corrected chi connectivity index (χ2v) is 7.94. The zero-order valence-corrected chi connectivity index (χ0v) is 17.1. The predicted octanol–water partition coefficient (Wildman–Crippen LogP) is 6.67. The molecule has 0 aliphatic carbocycles. The number of amides is 1. The van der Waals surface area contributed by atoms with E-state index >= 15 is 0 Å². The first-order valence-corrected chi connectivity index (χ1v) is 10.5. The van der Waals surface area contributed by atoms with Gasteiger partial charge >= 0.3 is 0 Å². The Bertz CT molecular complexity index is 1390. The van der Waals surface area contributed by atoms with E-state index in [0.717, 1.165) is 38.8 Å². The van der Waals surface area contributed by atoms with Crippen LogP contribution in [0, 0.1) is 6.92 Å². The summed E-state index contributed by atoms with van der Waals surface area (Å²) < 4.78 is 5.89. The van der Waals surface area contributed by atoms with Crippen LogP contribution in [0.3, 0.4) is 0 Å². The molecule has 0 saturated carbocycles. The van der Waals surface area contributed by atoms with Crippen LogP contribution >= 0.6 is 11.3 Å². The lowest BCUT2D eigenvalue weighted by molar-refractivity contribution is -0.111. The number of benzene rings is 3. The average molecular weight is 410 g/mol. The molecule has 5 rings (SSSR count). The highest BCUT2D eigenvalue weighted by Gasteiger charge is 2.11. The molecule has 1 N–H and O–H groups in total.